The van der Waals surface area contributed by atoms with E-state index in [1.807, 2.05) is 0 Å². The van der Waals surface area contributed by atoms with Crippen LogP contribution in [-0.4, -0.2) is 0 Å². The summed E-state index contributed by atoms with van der Waals surface area (Å²) in [6.07, 6.45) is 7.69. The molecular weight excluding hydrogens is 132 g/mol. The Morgan fingerprint density at radius 3 is 2.45 bits per heavy atom. The van der Waals surface area contributed by atoms with E-state index >= 15 is 0 Å². The fraction of sp³-hybridized carbons (Fsp3) is 1.00. The lowest BCUT2D eigenvalue weighted by molar-refractivity contribution is -0.0317. The molecule has 2 fully saturated rings. The van der Waals surface area contributed by atoms with Crippen LogP contribution < -0.4 is 0 Å². The first-order valence-corrected chi connectivity index (χ1v) is 5.27. The Kier molecular flexibility index (Phi) is 1.95. The first-order valence-electron chi connectivity index (χ1n) is 5.27. The van der Waals surface area contributed by atoms with Crippen molar-refractivity contribution in [2.75, 3.05) is 0 Å². The van der Waals surface area contributed by atoms with Crippen LogP contribution in [0.1, 0.15) is 46.0 Å². The molecule has 0 aliphatic heterocycles. The summed E-state index contributed by atoms with van der Waals surface area (Å²) in [7, 11) is 0. The Balaban J connectivity index is 1.65. The van der Waals surface area contributed by atoms with Crippen molar-refractivity contribution in [2.24, 2.45) is 23.7 Å². The Bertz CT molecular complexity index is 137. The van der Waals surface area contributed by atoms with E-state index in [-0.39, 0.29) is 0 Å². The van der Waals surface area contributed by atoms with E-state index in [9.17, 15) is 0 Å². The van der Waals surface area contributed by atoms with Gasteiger partial charge in [-0.15, -0.1) is 0 Å². The first kappa shape index (κ1) is 7.64. The van der Waals surface area contributed by atoms with Crippen molar-refractivity contribution in [1.29, 1.82) is 0 Å². The Morgan fingerprint density at radius 2 is 2.09 bits per heavy atom. The van der Waals surface area contributed by atoms with E-state index in [4.69, 9.17) is 0 Å². The molecule has 2 saturated carbocycles. The largest absolute Gasteiger partial charge is 0.0628 e. The van der Waals surface area contributed by atoms with Crippen molar-refractivity contribution >= 4 is 0 Å². The van der Waals surface area contributed by atoms with Crippen molar-refractivity contribution in [3.63, 3.8) is 0 Å². The SMILES string of the molecule is CC(C)CCC1CC2CCC12. The van der Waals surface area contributed by atoms with Gasteiger partial charge in [0.05, 0.1) is 0 Å². The molecule has 2 aliphatic rings. The van der Waals surface area contributed by atoms with Crippen LogP contribution in [0.4, 0.5) is 0 Å². The highest BCUT2D eigenvalue weighted by molar-refractivity contribution is 4.96. The summed E-state index contributed by atoms with van der Waals surface area (Å²) in [5.41, 5.74) is 0. The maximum absolute atomic E-state index is 2.34. The van der Waals surface area contributed by atoms with Gasteiger partial charge in [0.25, 0.3) is 0 Å². The van der Waals surface area contributed by atoms with Gasteiger partial charge >= 0.3 is 0 Å². The van der Waals surface area contributed by atoms with Gasteiger partial charge in [-0.1, -0.05) is 20.3 Å². The molecule has 0 spiro atoms. The smallest absolute Gasteiger partial charge is 0.0357 e. The highest BCUT2D eigenvalue weighted by Crippen LogP contribution is 2.55. The molecule has 0 N–H and O–H groups in total. The fourth-order valence-electron chi connectivity index (χ4n) is 2.76. The third kappa shape index (κ3) is 1.32. The van der Waals surface area contributed by atoms with E-state index in [0.29, 0.717) is 0 Å². The second-order valence-electron chi connectivity index (χ2n) is 4.97. The molecule has 11 heavy (non-hydrogen) atoms. The Hall–Kier alpha value is 0. The molecule has 0 heteroatoms. The molecule has 0 aromatic heterocycles. The highest BCUT2D eigenvalue weighted by Gasteiger charge is 2.45. The van der Waals surface area contributed by atoms with Crippen molar-refractivity contribution in [1.82, 2.24) is 0 Å². The molecule has 3 atom stereocenters. The number of fused-ring (bicyclic) bond motifs is 1. The number of hydrogen-bond donors (Lipinski definition) is 0. The minimum atomic E-state index is 0.925. The van der Waals surface area contributed by atoms with Crippen molar-refractivity contribution in [3.05, 3.63) is 0 Å². The van der Waals surface area contributed by atoms with Gasteiger partial charge in [0.15, 0.2) is 0 Å². The van der Waals surface area contributed by atoms with Gasteiger partial charge in [-0.25, -0.2) is 0 Å². The minimum absolute atomic E-state index is 0.925. The third-order valence-corrected chi connectivity index (χ3v) is 3.80. The van der Waals surface area contributed by atoms with Crippen LogP contribution in [0.25, 0.3) is 0 Å². The van der Waals surface area contributed by atoms with Crippen LogP contribution in [0.3, 0.4) is 0 Å². The fourth-order valence-corrected chi connectivity index (χ4v) is 2.76. The molecule has 0 amide bonds. The Morgan fingerprint density at radius 1 is 1.27 bits per heavy atom. The first-order chi connectivity index (χ1) is 5.27. The van der Waals surface area contributed by atoms with Crippen LogP contribution in [0.2, 0.25) is 0 Å². The molecule has 0 heterocycles. The lowest BCUT2D eigenvalue weighted by Crippen LogP contribution is -2.44. The zero-order valence-electron chi connectivity index (χ0n) is 7.84. The average Bonchev–Trinajstić information content (AvgIpc) is 1.92. The maximum Gasteiger partial charge on any atom is -0.0357 e. The summed E-state index contributed by atoms with van der Waals surface area (Å²) in [5.74, 6) is 4.45. The predicted molar refractivity (Wildman–Crippen MR) is 48.4 cm³/mol. The van der Waals surface area contributed by atoms with Gasteiger partial charge in [-0.2, -0.15) is 0 Å². The standard InChI is InChI=1S/C11H20/c1-8(2)3-4-9-7-10-5-6-11(9)10/h8-11H,3-7H2,1-2H3. The van der Waals surface area contributed by atoms with E-state index in [0.717, 1.165) is 11.8 Å². The third-order valence-electron chi connectivity index (χ3n) is 3.80. The zero-order chi connectivity index (χ0) is 7.84. The van der Waals surface area contributed by atoms with Crippen LogP contribution in [0, 0.1) is 23.7 Å². The second-order valence-corrected chi connectivity index (χ2v) is 4.97. The summed E-state index contributed by atoms with van der Waals surface area (Å²) in [4.78, 5) is 0. The lowest BCUT2D eigenvalue weighted by Gasteiger charge is -2.53. The normalized spacial score (nSPS) is 41.2. The number of hydrogen-bond acceptors (Lipinski definition) is 0. The van der Waals surface area contributed by atoms with Crippen molar-refractivity contribution in [3.8, 4) is 0 Å². The summed E-state index contributed by atoms with van der Waals surface area (Å²) in [6, 6.07) is 0. The van der Waals surface area contributed by atoms with Gasteiger partial charge in [0.1, 0.15) is 0 Å². The number of rotatable bonds is 3. The van der Waals surface area contributed by atoms with Crippen molar-refractivity contribution < 1.29 is 0 Å². The van der Waals surface area contributed by atoms with Crippen LogP contribution in [0.15, 0.2) is 0 Å². The van der Waals surface area contributed by atoms with E-state index < -0.39 is 0 Å². The lowest BCUT2D eigenvalue weighted by atomic mass is 9.52. The maximum atomic E-state index is 2.34. The summed E-state index contributed by atoms with van der Waals surface area (Å²) in [5, 5.41) is 0. The highest BCUT2D eigenvalue weighted by atomic mass is 14.5. The van der Waals surface area contributed by atoms with E-state index in [1.54, 1.807) is 19.3 Å². The molecule has 0 nitrogen and oxygen atoms in total. The summed E-state index contributed by atoms with van der Waals surface area (Å²) >= 11 is 0. The van der Waals surface area contributed by atoms with Crippen LogP contribution in [-0.2, 0) is 0 Å². The molecule has 0 radical (unpaired) electrons. The van der Waals surface area contributed by atoms with Gasteiger partial charge in [-0.3, -0.25) is 0 Å². The molecule has 2 rings (SSSR count). The molecule has 0 aromatic carbocycles. The quantitative estimate of drug-likeness (QED) is 0.581. The average molecular weight is 152 g/mol. The van der Waals surface area contributed by atoms with Gasteiger partial charge < -0.3 is 0 Å². The zero-order valence-corrected chi connectivity index (χ0v) is 7.84. The monoisotopic (exact) mass is 152 g/mol. The van der Waals surface area contributed by atoms with Crippen molar-refractivity contribution in [2.45, 2.75) is 46.0 Å². The molecular formula is C11H20. The van der Waals surface area contributed by atoms with Crippen LogP contribution in [0.5, 0.6) is 0 Å². The minimum Gasteiger partial charge on any atom is -0.0628 e. The molecule has 3 unspecified atom stereocenters. The summed E-state index contributed by atoms with van der Waals surface area (Å²) < 4.78 is 0. The molecule has 64 valence electrons. The van der Waals surface area contributed by atoms with E-state index in [1.165, 1.54) is 24.7 Å². The van der Waals surface area contributed by atoms with Gasteiger partial charge in [-0.05, 0) is 49.4 Å². The molecule has 0 aromatic rings. The van der Waals surface area contributed by atoms with Crippen LogP contribution >= 0.6 is 0 Å². The molecule has 0 saturated heterocycles. The van der Waals surface area contributed by atoms with Gasteiger partial charge in [0, 0.05) is 0 Å². The molecule has 2 aliphatic carbocycles. The molecule has 0 bridgehead atoms. The topological polar surface area (TPSA) is 0 Å². The summed E-state index contributed by atoms with van der Waals surface area (Å²) in [6.45, 7) is 4.69. The van der Waals surface area contributed by atoms with Gasteiger partial charge in [0.2, 0.25) is 0 Å². The second kappa shape index (κ2) is 2.80. The Labute approximate surface area is 70.4 Å². The predicted octanol–water partition coefficient (Wildman–Crippen LogP) is 3.47. The van der Waals surface area contributed by atoms with E-state index in [2.05, 4.69) is 13.8 Å².